The summed E-state index contributed by atoms with van der Waals surface area (Å²) in [5.74, 6) is -1.91. The highest BCUT2D eigenvalue weighted by Gasteiger charge is 2.12. The maximum atomic E-state index is 10.1. The number of carbonyl (C=O) groups is 3. The fourth-order valence-electron chi connectivity index (χ4n) is 0.482. The average molecular weight is 183 g/mol. The second-order valence-electron chi connectivity index (χ2n) is 2.01. The molecular weight excluding hydrogens is 174 g/mol. The van der Waals surface area contributed by atoms with E-state index in [9.17, 15) is 14.4 Å². The molecule has 0 bridgehead atoms. The first-order valence-electron chi connectivity index (χ1n) is 3.45. The van der Waals surface area contributed by atoms with Crippen LogP contribution in [-0.4, -0.2) is 22.8 Å². The van der Waals surface area contributed by atoms with Gasteiger partial charge in [0.05, 0.1) is 0 Å². The number of carbonyl (C=O) groups excluding carboxylic acids is 2. The SMILES string of the molecule is C/C=C/C(=O)O.O=C1C=CNC1=O. The number of hydrogen-bond acceptors (Lipinski definition) is 3. The Hall–Kier alpha value is -1.91. The van der Waals surface area contributed by atoms with E-state index in [1.54, 1.807) is 6.92 Å². The predicted molar refractivity (Wildman–Crippen MR) is 44.7 cm³/mol. The van der Waals surface area contributed by atoms with Gasteiger partial charge in [-0.3, -0.25) is 9.59 Å². The van der Waals surface area contributed by atoms with Crippen LogP contribution in [0.15, 0.2) is 24.4 Å². The van der Waals surface area contributed by atoms with Gasteiger partial charge in [0, 0.05) is 18.4 Å². The number of rotatable bonds is 1. The average Bonchev–Trinajstić information content (AvgIpc) is 2.37. The van der Waals surface area contributed by atoms with Crippen molar-refractivity contribution in [1.29, 1.82) is 0 Å². The lowest BCUT2D eigenvalue weighted by Gasteiger charge is -1.78. The second kappa shape index (κ2) is 5.70. The Bertz CT molecular complexity index is 278. The van der Waals surface area contributed by atoms with E-state index in [2.05, 4.69) is 5.32 Å². The van der Waals surface area contributed by atoms with E-state index < -0.39 is 17.7 Å². The van der Waals surface area contributed by atoms with Crippen LogP contribution in [0.3, 0.4) is 0 Å². The molecule has 0 atom stereocenters. The molecule has 0 aliphatic carbocycles. The van der Waals surface area contributed by atoms with E-state index in [0.29, 0.717) is 0 Å². The van der Waals surface area contributed by atoms with Crippen molar-refractivity contribution in [3.05, 3.63) is 24.4 Å². The standard InChI is InChI=1S/C4H3NO2.C4H6O2/c6-3-1-2-5-4(3)7;1-2-3-4(5)6/h1-2H,(H,5,6,7);2-3H,1H3,(H,5,6)/b;3-2+. The Balaban J connectivity index is 0.000000226. The molecule has 2 N–H and O–H groups in total. The summed E-state index contributed by atoms with van der Waals surface area (Å²) < 4.78 is 0. The van der Waals surface area contributed by atoms with Gasteiger partial charge in [-0.2, -0.15) is 0 Å². The molecule has 5 heteroatoms. The Labute approximate surface area is 74.7 Å². The van der Waals surface area contributed by atoms with Gasteiger partial charge in [-0.1, -0.05) is 6.08 Å². The number of carboxylic acids is 1. The lowest BCUT2D eigenvalue weighted by Crippen LogP contribution is -2.17. The summed E-state index contributed by atoms with van der Waals surface area (Å²) in [5, 5.41) is 10.0. The molecule has 1 amide bonds. The van der Waals surface area contributed by atoms with Crippen LogP contribution in [0.2, 0.25) is 0 Å². The molecule has 0 spiro atoms. The van der Waals surface area contributed by atoms with Gasteiger partial charge in [0.2, 0.25) is 5.78 Å². The van der Waals surface area contributed by atoms with Crippen molar-refractivity contribution in [3.63, 3.8) is 0 Å². The van der Waals surface area contributed by atoms with Crippen molar-refractivity contribution in [2.24, 2.45) is 0 Å². The molecule has 0 unspecified atom stereocenters. The Kier molecular flexibility index (Phi) is 4.87. The van der Waals surface area contributed by atoms with E-state index in [0.717, 1.165) is 6.08 Å². The van der Waals surface area contributed by atoms with Crippen molar-refractivity contribution in [2.45, 2.75) is 6.92 Å². The molecule has 5 nitrogen and oxygen atoms in total. The third kappa shape index (κ3) is 5.37. The van der Waals surface area contributed by atoms with E-state index in [1.165, 1.54) is 18.4 Å². The second-order valence-corrected chi connectivity index (χ2v) is 2.01. The third-order valence-corrected chi connectivity index (χ3v) is 0.982. The lowest BCUT2D eigenvalue weighted by atomic mass is 10.4. The first-order valence-corrected chi connectivity index (χ1v) is 3.45. The topological polar surface area (TPSA) is 83.5 Å². The van der Waals surface area contributed by atoms with E-state index in [-0.39, 0.29) is 0 Å². The van der Waals surface area contributed by atoms with E-state index >= 15 is 0 Å². The fourth-order valence-corrected chi connectivity index (χ4v) is 0.482. The number of ketones is 1. The van der Waals surface area contributed by atoms with Crippen molar-refractivity contribution in [3.8, 4) is 0 Å². The summed E-state index contributed by atoms with van der Waals surface area (Å²) in [5.41, 5.74) is 0. The van der Waals surface area contributed by atoms with Gasteiger partial charge >= 0.3 is 5.97 Å². The van der Waals surface area contributed by atoms with Crippen LogP contribution in [0.1, 0.15) is 6.92 Å². The van der Waals surface area contributed by atoms with Gasteiger partial charge in [-0.15, -0.1) is 0 Å². The minimum Gasteiger partial charge on any atom is -0.478 e. The summed E-state index contributed by atoms with van der Waals surface area (Å²) >= 11 is 0. The molecule has 1 heterocycles. The molecule has 0 radical (unpaired) electrons. The van der Waals surface area contributed by atoms with E-state index in [4.69, 9.17) is 5.11 Å². The predicted octanol–water partition coefficient (Wildman–Crippen LogP) is -0.154. The summed E-state index contributed by atoms with van der Waals surface area (Å²) in [6.07, 6.45) is 5.08. The zero-order chi connectivity index (χ0) is 10.3. The van der Waals surface area contributed by atoms with Gasteiger partial charge < -0.3 is 10.4 Å². The highest BCUT2D eigenvalue weighted by Crippen LogP contribution is 1.83. The maximum Gasteiger partial charge on any atom is 0.327 e. The molecule has 0 aromatic carbocycles. The minimum absolute atomic E-state index is 0.472. The monoisotopic (exact) mass is 183 g/mol. The van der Waals surface area contributed by atoms with Crippen LogP contribution in [0.4, 0.5) is 0 Å². The number of aliphatic carboxylic acids is 1. The molecular formula is C8H9NO4. The summed E-state index contributed by atoms with van der Waals surface area (Å²) in [4.78, 5) is 29.6. The fraction of sp³-hybridized carbons (Fsp3) is 0.125. The molecule has 0 saturated heterocycles. The summed E-state index contributed by atoms with van der Waals surface area (Å²) in [6, 6.07) is 0. The van der Waals surface area contributed by atoms with Crippen molar-refractivity contribution in [2.75, 3.05) is 0 Å². The van der Waals surface area contributed by atoms with Gasteiger partial charge in [0.15, 0.2) is 0 Å². The van der Waals surface area contributed by atoms with Crippen LogP contribution >= 0.6 is 0 Å². The van der Waals surface area contributed by atoms with Crippen molar-refractivity contribution in [1.82, 2.24) is 5.32 Å². The van der Waals surface area contributed by atoms with Crippen LogP contribution in [0.25, 0.3) is 0 Å². The number of allylic oxidation sites excluding steroid dienone is 1. The largest absolute Gasteiger partial charge is 0.478 e. The molecule has 1 aliphatic rings. The Morgan fingerprint density at radius 2 is 2.15 bits per heavy atom. The number of amides is 1. The van der Waals surface area contributed by atoms with Crippen LogP contribution in [-0.2, 0) is 14.4 Å². The summed E-state index contributed by atoms with van der Waals surface area (Å²) in [6.45, 7) is 1.66. The molecule has 0 aromatic rings. The van der Waals surface area contributed by atoms with Crippen LogP contribution in [0, 0.1) is 0 Å². The van der Waals surface area contributed by atoms with Gasteiger partial charge in [-0.25, -0.2) is 4.79 Å². The normalized spacial score (nSPS) is 13.9. The van der Waals surface area contributed by atoms with Crippen LogP contribution < -0.4 is 5.32 Å². The van der Waals surface area contributed by atoms with Gasteiger partial charge in [0.1, 0.15) is 0 Å². The lowest BCUT2D eigenvalue weighted by molar-refractivity contribution is -0.133. The number of carboxylic acid groups (broad SMARTS) is 1. The highest BCUT2D eigenvalue weighted by atomic mass is 16.4. The zero-order valence-corrected chi connectivity index (χ0v) is 6.98. The number of hydrogen-bond donors (Lipinski definition) is 2. The van der Waals surface area contributed by atoms with Crippen molar-refractivity contribution < 1.29 is 19.5 Å². The van der Waals surface area contributed by atoms with E-state index in [1.807, 2.05) is 0 Å². The first kappa shape index (κ1) is 11.1. The Morgan fingerprint density at radius 3 is 2.23 bits per heavy atom. The minimum atomic E-state index is -0.891. The molecule has 1 aliphatic heterocycles. The number of nitrogens with one attached hydrogen (secondary N) is 1. The molecule has 13 heavy (non-hydrogen) atoms. The molecule has 70 valence electrons. The highest BCUT2D eigenvalue weighted by molar-refractivity contribution is 6.42. The quantitative estimate of drug-likeness (QED) is 0.437. The first-order chi connectivity index (χ1) is 6.07. The molecule has 0 saturated carbocycles. The maximum absolute atomic E-state index is 10.1. The Morgan fingerprint density at radius 1 is 1.54 bits per heavy atom. The molecule has 0 fully saturated rings. The van der Waals surface area contributed by atoms with Gasteiger partial charge in [0.25, 0.3) is 5.91 Å². The van der Waals surface area contributed by atoms with Crippen molar-refractivity contribution >= 4 is 17.7 Å². The van der Waals surface area contributed by atoms with Gasteiger partial charge in [-0.05, 0) is 6.92 Å². The summed E-state index contributed by atoms with van der Waals surface area (Å²) in [7, 11) is 0. The third-order valence-electron chi connectivity index (χ3n) is 0.982. The zero-order valence-electron chi connectivity index (χ0n) is 6.98. The smallest absolute Gasteiger partial charge is 0.327 e. The molecule has 1 rings (SSSR count). The molecule has 0 aromatic heterocycles. The van der Waals surface area contributed by atoms with Crippen LogP contribution in [0.5, 0.6) is 0 Å².